The Morgan fingerprint density at radius 1 is 1.14 bits per heavy atom. The molecule has 0 radical (unpaired) electrons. The maximum atomic E-state index is 13.2. The predicted octanol–water partition coefficient (Wildman–Crippen LogP) is 4.46. The summed E-state index contributed by atoms with van der Waals surface area (Å²) in [5, 5.41) is 8.08. The SMILES string of the molecule is Cc1c(C(=O)Nc2ccccc2Sc2nccn2C)cnn1-c1ccc(F)cc1. The molecule has 8 heteroatoms. The lowest BCUT2D eigenvalue weighted by molar-refractivity contribution is 0.102. The molecule has 4 rings (SSSR count). The van der Waals surface area contributed by atoms with Gasteiger partial charge in [-0.25, -0.2) is 14.1 Å². The number of imidazole rings is 1. The largest absolute Gasteiger partial charge is 0.329 e. The topological polar surface area (TPSA) is 64.7 Å². The number of halogens is 1. The molecule has 0 atom stereocenters. The van der Waals surface area contributed by atoms with Crippen molar-refractivity contribution in [2.45, 2.75) is 17.0 Å². The highest BCUT2D eigenvalue weighted by Crippen LogP contribution is 2.32. The predicted molar refractivity (Wildman–Crippen MR) is 110 cm³/mol. The average molecular weight is 407 g/mol. The van der Waals surface area contributed by atoms with Crippen LogP contribution in [0.1, 0.15) is 16.1 Å². The number of amides is 1. The smallest absolute Gasteiger partial charge is 0.259 e. The molecule has 1 amide bonds. The Balaban J connectivity index is 1.58. The Kier molecular flexibility index (Phi) is 5.18. The van der Waals surface area contributed by atoms with Crippen LogP contribution in [0.5, 0.6) is 0 Å². The molecule has 0 bridgehead atoms. The minimum atomic E-state index is -0.321. The van der Waals surface area contributed by atoms with Gasteiger partial charge in [0.15, 0.2) is 5.16 Å². The van der Waals surface area contributed by atoms with Gasteiger partial charge in [0.1, 0.15) is 5.82 Å². The number of aryl methyl sites for hydroxylation is 1. The van der Waals surface area contributed by atoms with Crippen LogP contribution in [0.15, 0.2) is 77.2 Å². The van der Waals surface area contributed by atoms with E-state index in [9.17, 15) is 9.18 Å². The van der Waals surface area contributed by atoms with Gasteiger partial charge >= 0.3 is 0 Å². The standard InChI is InChI=1S/C21H18FN5OS/c1-14-17(13-24-27(14)16-9-7-15(22)8-10-16)20(28)25-18-5-3-4-6-19(18)29-21-23-11-12-26(21)2/h3-13H,1-2H3,(H,25,28). The van der Waals surface area contributed by atoms with E-state index in [-0.39, 0.29) is 11.7 Å². The number of rotatable bonds is 5. The first-order valence-corrected chi connectivity index (χ1v) is 9.70. The van der Waals surface area contributed by atoms with E-state index < -0.39 is 0 Å². The second-order valence-corrected chi connectivity index (χ2v) is 7.41. The van der Waals surface area contributed by atoms with Crippen LogP contribution in [0.2, 0.25) is 0 Å². The molecule has 146 valence electrons. The molecule has 2 aromatic carbocycles. The van der Waals surface area contributed by atoms with E-state index in [0.29, 0.717) is 22.6 Å². The van der Waals surface area contributed by atoms with Crippen LogP contribution in [0, 0.1) is 12.7 Å². The fraction of sp³-hybridized carbons (Fsp3) is 0.0952. The zero-order valence-electron chi connectivity index (χ0n) is 15.8. The van der Waals surface area contributed by atoms with Crippen LogP contribution in [0.25, 0.3) is 5.69 Å². The lowest BCUT2D eigenvalue weighted by Crippen LogP contribution is -2.13. The highest BCUT2D eigenvalue weighted by Gasteiger charge is 2.17. The van der Waals surface area contributed by atoms with Crippen molar-refractivity contribution in [2.24, 2.45) is 7.05 Å². The third-order valence-corrected chi connectivity index (χ3v) is 5.59. The minimum Gasteiger partial charge on any atom is -0.329 e. The summed E-state index contributed by atoms with van der Waals surface area (Å²) in [6.45, 7) is 1.81. The molecular formula is C21H18FN5OS. The Bertz CT molecular complexity index is 1170. The summed E-state index contributed by atoms with van der Waals surface area (Å²) in [4.78, 5) is 18.1. The first-order valence-electron chi connectivity index (χ1n) is 8.89. The number of nitrogens with zero attached hydrogens (tertiary/aromatic N) is 4. The number of carbonyl (C=O) groups is 1. The molecule has 1 N–H and O–H groups in total. The third-order valence-electron chi connectivity index (χ3n) is 4.44. The van der Waals surface area contributed by atoms with Crippen molar-refractivity contribution in [3.8, 4) is 5.69 Å². The molecule has 6 nitrogen and oxygen atoms in total. The number of hydrogen-bond donors (Lipinski definition) is 1. The molecule has 2 heterocycles. The molecule has 2 aromatic heterocycles. The van der Waals surface area contributed by atoms with Gasteiger partial charge in [-0.3, -0.25) is 4.79 Å². The normalized spacial score (nSPS) is 10.9. The molecule has 0 saturated heterocycles. The van der Waals surface area contributed by atoms with E-state index in [4.69, 9.17) is 0 Å². The summed E-state index contributed by atoms with van der Waals surface area (Å²) < 4.78 is 16.7. The van der Waals surface area contributed by atoms with Crippen molar-refractivity contribution in [3.05, 3.63) is 84.2 Å². The van der Waals surface area contributed by atoms with Crippen LogP contribution in [-0.2, 0) is 7.05 Å². The highest BCUT2D eigenvalue weighted by atomic mass is 32.2. The minimum absolute atomic E-state index is 0.260. The van der Waals surface area contributed by atoms with Crippen LogP contribution >= 0.6 is 11.8 Å². The van der Waals surface area contributed by atoms with Crippen LogP contribution in [0.4, 0.5) is 10.1 Å². The fourth-order valence-corrected chi connectivity index (χ4v) is 3.76. The second-order valence-electron chi connectivity index (χ2n) is 6.40. The number of aromatic nitrogens is 4. The van der Waals surface area contributed by atoms with E-state index in [1.807, 2.05) is 42.1 Å². The summed E-state index contributed by atoms with van der Waals surface area (Å²) in [6, 6.07) is 13.5. The van der Waals surface area contributed by atoms with E-state index in [0.717, 1.165) is 10.1 Å². The molecule has 0 aliphatic heterocycles. The quantitative estimate of drug-likeness (QED) is 0.531. The van der Waals surface area contributed by atoms with E-state index in [1.165, 1.54) is 30.1 Å². The molecular weight excluding hydrogens is 389 g/mol. The monoisotopic (exact) mass is 407 g/mol. The maximum absolute atomic E-state index is 13.2. The molecule has 29 heavy (non-hydrogen) atoms. The third kappa shape index (κ3) is 3.93. The van der Waals surface area contributed by atoms with Gasteiger partial charge in [-0.15, -0.1) is 0 Å². The van der Waals surface area contributed by atoms with Crippen LogP contribution in [-0.4, -0.2) is 25.2 Å². The van der Waals surface area contributed by atoms with Crippen molar-refractivity contribution in [3.63, 3.8) is 0 Å². The number of para-hydroxylation sites is 1. The Morgan fingerprint density at radius 3 is 2.62 bits per heavy atom. The van der Waals surface area contributed by atoms with Crippen molar-refractivity contribution in [1.82, 2.24) is 19.3 Å². The summed E-state index contributed by atoms with van der Waals surface area (Å²) in [5.41, 5.74) is 2.50. The molecule has 0 saturated carbocycles. The molecule has 0 aliphatic carbocycles. The molecule has 0 aliphatic rings. The van der Waals surface area contributed by atoms with Gasteiger partial charge in [-0.05, 0) is 55.1 Å². The Morgan fingerprint density at radius 2 is 1.90 bits per heavy atom. The van der Waals surface area contributed by atoms with Gasteiger partial charge in [-0.1, -0.05) is 12.1 Å². The van der Waals surface area contributed by atoms with E-state index in [2.05, 4.69) is 15.4 Å². The number of hydrogen-bond acceptors (Lipinski definition) is 4. The lowest BCUT2D eigenvalue weighted by atomic mass is 10.2. The summed E-state index contributed by atoms with van der Waals surface area (Å²) >= 11 is 1.47. The second kappa shape index (κ2) is 7.92. The van der Waals surface area contributed by atoms with Crippen LogP contribution in [0.3, 0.4) is 0 Å². The first kappa shape index (κ1) is 18.9. The average Bonchev–Trinajstić information content (AvgIpc) is 3.29. The van der Waals surface area contributed by atoms with Crippen molar-refractivity contribution in [1.29, 1.82) is 0 Å². The zero-order valence-corrected chi connectivity index (χ0v) is 16.7. The maximum Gasteiger partial charge on any atom is 0.259 e. The lowest BCUT2D eigenvalue weighted by Gasteiger charge is -2.11. The van der Waals surface area contributed by atoms with Gasteiger partial charge in [0.05, 0.1) is 28.8 Å². The van der Waals surface area contributed by atoms with Gasteiger partial charge in [0.2, 0.25) is 0 Å². The first-order chi connectivity index (χ1) is 14.0. The van der Waals surface area contributed by atoms with Crippen LogP contribution < -0.4 is 5.32 Å². The fourth-order valence-electron chi connectivity index (χ4n) is 2.87. The Labute approximate surface area is 171 Å². The number of anilines is 1. The highest BCUT2D eigenvalue weighted by molar-refractivity contribution is 7.99. The summed E-state index contributed by atoms with van der Waals surface area (Å²) in [6.07, 6.45) is 5.12. The Hall–Kier alpha value is -3.39. The van der Waals surface area contributed by atoms with Gasteiger partial charge in [-0.2, -0.15) is 5.10 Å². The van der Waals surface area contributed by atoms with E-state index in [1.54, 1.807) is 29.9 Å². The number of carbonyl (C=O) groups excluding carboxylic acids is 1. The van der Waals surface area contributed by atoms with E-state index >= 15 is 0 Å². The molecule has 4 aromatic rings. The number of benzene rings is 2. The molecule has 0 spiro atoms. The molecule has 0 unspecified atom stereocenters. The summed E-state index contributed by atoms with van der Waals surface area (Å²) in [5.74, 6) is -0.581. The number of nitrogens with one attached hydrogen (secondary N) is 1. The van der Waals surface area contributed by atoms with Crippen molar-refractivity contribution >= 4 is 23.4 Å². The van der Waals surface area contributed by atoms with Gasteiger partial charge < -0.3 is 9.88 Å². The van der Waals surface area contributed by atoms with Crippen molar-refractivity contribution in [2.75, 3.05) is 5.32 Å². The summed E-state index contributed by atoms with van der Waals surface area (Å²) in [7, 11) is 1.92. The van der Waals surface area contributed by atoms with Gasteiger partial charge in [0.25, 0.3) is 5.91 Å². The zero-order chi connectivity index (χ0) is 20.4. The molecule has 0 fully saturated rings. The van der Waals surface area contributed by atoms with Crippen molar-refractivity contribution < 1.29 is 9.18 Å². The van der Waals surface area contributed by atoms with Gasteiger partial charge in [0, 0.05) is 24.3 Å².